The van der Waals surface area contributed by atoms with Crippen molar-refractivity contribution in [2.75, 3.05) is 18.0 Å². The maximum absolute atomic E-state index is 13.6. The van der Waals surface area contributed by atoms with E-state index in [2.05, 4.69) is 10.3 Å². The van der Waals surface area contributed by atoms with Crippen LogP contribution < -0.4 is 11.1 Å². The molecule has 0 bridgehead atoms. The van der Waals surface area contributed by atoms with Crippen molar-refractivity contribution in [3.8, 4) is 0 Å². The van der Waals surface area contributed by atoms with Gasteiger partial charge in [-0.15, -0.1) is 0 Å². The molecule has 3 saturated carbocycles. The number of nitrogen functional groups attached to an aromatic ring is 1. The molecule has 3 N–H and O–H groups in total. The van der Waals surface area contributed by atoms with Crippen molar-refractivity contribution < 1.29 is 39.6 Å². The summed E-state index contributed by atoms with van der Waals surface area (Å²) in [4.78, 5) is 15.8. The highest BCUT2D eigenvalue weighted by Crippen LogP contribution is 2.49. The number of hydrogen-bond donors (Lipinski definition) is 2. The first-order chi connectivity index (χ1) is 16.6. The second-order valence-corrected chi connectivity index (χ2v) is 12.9. The minimum atomic E-state index is -5.26. The molecule has 202 valence electrons. The number of aromatic nitrogens is 1. The van der Waals surface area contributed by atoms with Crippen molar-refractivity contribution in [3.63, 3.8) is 0 Å². The molecule has 0 saturated heterocycles. The molecule has 1 heterocycles. The van der Waals surface area contributed by atoms with Gasteiger partial charge in [0.05, 0.1) is 22.1 Å². The van der Waals surface area contributed by atoms with Crippen LogP contribution in [0.15, 0.2) is 6.07 Å². The topological polar surface area (TPSA) is 102 Å². The van der Waals surface area contributed by atoms with Crippen molar-refractivity contribution in [1.82, 2.24) is 10.3 Å². The molecule has 3 aliphatic rings. The number of rotatable bonds is 8. The first-order valence-electron chi connectivity index (χ1n) is 12.0. The van der Waals surface area contributed by atoms with Gasteiger partial charge in [0, 0.05) is 6.54 Å². The zero-order valence-electron chi connectivity index (χ0n) is 19.5. The highest BCUT2D eigenvalue weighted by Gasteiger charge is 2.45. The fourth-order valence-electron chi connectivity index (χ4n) is 5.23. The van der Waals surface area contributed by atoms with Gasteiger partial charge in [-0.25, -0.2) is 13.4 Å². The summed E-state index contributed by atoms with van der Waals surface area (Å²) in [6.07, 6.45) is -4.09. The summed E-state index contributed by atoms with van der Waals surface area (Å²) in [5.74, 6) is -1.58. The second-order valence-electron chi connectivity index (χ2n) is 10.6. The molecular weight excluding hydrogens is 512 g/mol. The highest BCUT2D eigenvalue weighted by molar-refractivity contribution is 7.92. The van der Waals surface area contributed by atoms with Gasteiger partial charge in [-0.2, -0.15) is 26.3 Å². The molecule has 1 amide bonds. The van der Waals surface area contributed by atoms with Crippen LogP contribution in [-0.4, -0.2) is 36.9 Å². The first-order valence-corrected chi connectivity index (χ1v) is 13.8. The Labute approximate surface area is 205 Å². The fourth-order valence-corrected chi connectivity index (χ4v) is 7.44. The molecule has 4 rings (SSSR count). The number of halogens is 6. The zero-order valence-corrected chi connectivity index (χ0v) is 20.3. The summed E-state index contributed by atoms with van der Waals surface area (Å²) in [6, 6.07) is -0.207. The third-order valence-corrected chi connectivity index (χ3v) is 10.0. The summed E-state index contributed by atoms with van der Waals surface area (Å²) in [6.45, 7) is -0.0184. The number of amides is 1. The van der Waals surface area contributed by atoms with E-state index in [1.807, 2.05) is 0 Å². The van der Waals surface area contributed by atoms with Crippen LogP contribution in [-0.2, 0) is 22.2 Å². The van der Waals surface area contributed by atoms with Crippen LogP contribution in [0.4, 0.5) is 32.2 Å². The van der Waals surface area contributed by atoms with Gasteiger partial charge in [-0.05, 0) is 68.3 Å². The van der Waals surface area contributed by atoms with Gasteiger partial charge in [-0.3, -0.25) is 4.79 Å². The number of sulfone groups is 1. The third-order valence-electron chi connectivity index (χ3n) is 7.58. The number of carbonyl (C=O) groups is 1. The molecule has 3 aliphatic carbocycles. The summed E-state index contributed by atoms with van der Waals surface area (Å²) < 4.78 is 105. The Hall–Kier alpha value is -2.05. The normalized spacial score (nSPS) is 25.6. The number of carbonyl (C=O) groups excluding carboxylic acids is 1. The van der Waals surface area contributed by atoms with Crippen molar-refractivity contribution in [3.05, 3.63) is 22.9 Å². The minimum Gasteiger partial charge on any atom is -0.383 e. The predicted octanol–water partition coefficient (Wildman–Crippen LogP) is 4.99. The number of anilines is 1. The standard InChI is InChI=1S/C23H29F6N3O3S/c24-22(25,26)16-9-17(23(27,28)29)32-19(30)18(16)20(33)31-12-21(10-13-1-2-13)7-5-15(6-8-21)36(34,35)11-14-3-4-14/h9,13-15H,1-8,10-12H2,(H2,30,32)(H,31,33)/t15-,21+. The zero-order chi connectivity index (χ0) is 26.5. The van der Waals surface area contributed by atoms with E-state index in [1.165, 1.54) is 0 Å². The van der Waals surface area contributed by atoms with Gasteiger partial charge < -0.3 is 11.1 Å². The summed E-state index contributed by atoms with van der Waals surface area (Å²) in [5, 5.41) is 2.00. The Morgan fingerprint density at radius 1 is 1.00 bits per heavy atom. The van der Waals surface area contributed by atoms with Crippen LogP contribution >= 0.6 is 0 Å². The van der Waals surface area contributed by atoms with Gasteiger partial charge in [0.15, 0.2) is 9.84 Å². The highest BCUT2D eigenvalue weighted by atomic mass is 32.2. The largest absolute Gasteiger partial charge is 0.433 e. The molecule has 13 heteroatoms. The van der Waals surface area contributed by atoms with Gasteiger partial charge in [0.2, 0.25) is 0 Å². The van der Waals surface area contributed by atoms with Crippen LogP contribution in [0.3, 0.4) is 0 Å². The van der Waals surface area contributed by atoms with Gasteiger partial charge in [0.1, 0.15) is 11.5 Å². The molecular formula is C23H29F6N3O3S. The van der Waals surface area contributed by atoms with Crippen LogP contribution in [0, 0.1) is 17.3 Å². The molecule has 36 heavy (non-hydrogen) atoms. The van der Waals surface area contributed by atoms with Crippen LogP contribution in [0.1, 0.15) is 79.4 Å². The molecule has 0 spiro atoms. The van der Waals surface area contributed by atoms with E-state index < -0.39 is 61.4 Å². The van der Waals surface area contributed by atoms with Gasteiger partial charge in [-0.1, -0.05) is 12.8 Å². The lowest BCUT2D eigenvalue weighted by atomic mass is 9.70. The Morgan fingerprint density at radius 2 is 1.58 bits per heavy atom. The number of nitrogens with two attached hydrogens (primary N) is 1. The third kappa shape index (κ3) is 6.25. The Bertz CT molecular complexity index is 1100. The van der Waals surface area contributed by atoms with E-state index in [1.54, 1.807) is 0 Å². The fraction of sp³-hybridized carbons (Fsp3) is 0.739. The molecule has 0 radical (unpaired) electrons. The van der Waals surface area contributed by atoms with Crippen molar-refractivity contribution >= 4 is 21.6 Å². The Kier molecular flexibility index (Phi) is 7.02. The van der Waals surface area contributed by atoms with E-state index in [9.17, 15) is 39.6 Å². The monoisotopic (exact) mass is 541 g/mol. The lowest BCUT2D eigenvalue weighted by molar-refractivity contribution is -0.145. The van der Waals surface area contributed by atoms with Crippen LogP contribution in [0.25, 0.3) is 0 Å². The minimum absolute atomic E-state index is 0.0184. The van der Waals surface area contributed by atoms with Gasteiger partial charge in [0.25, 0.3) is 5.91 Å². The predicted molar refractivity (Wildman–Crippen MR) is 120 cm³/mol. The first kappa shape index (κ1) is 27.0. The summed E-state index contributed by atoms with van der Waals surface area (Å²) >= 11 is 0. The molecule has 1 aromatic rings. The number of pyridine rings is 1. The molecule has 1 aromatic heterocycles. The number of hydrogen-bond acceptors (Lipinski definition) is 5. The van der Waals surface area contributed by atoms with Crippen molar-refractivity contribution in [2.45, 2.75) is 75.4 Å². The Balaban J connectivity index is 1.51. The van der Waals surface area contributed by atoms with E-state index in [4.69, 9.17) is 5.73 Å². The number of nitrogens with one attached hydrogen (secondary N) is 1. The molecule has 0 atom stereocenters. The maximum atomic E-state index is 13.6. The van der Waals surface area contributed by atoms with Crippen molar-refractivity contribution in [1.29, 1.82) is 0 Å². The molecule has 0 unspecified atom stereocenters. The lowest BCUT2D eigenvalue weighted by Gasteiger charge is -2.40. The van der Waals surface area contributed by atoms with Crippen LogP contribution in [0.5, 0.6) is 0 Å². The molecule has 0 aromatic carbocycles. The average Bonchev–Trinajstić information content (AvgIpc) is 3.68. The van der Waals surface area contributed by atoms with E-state index in [0.717, 1.165) is 25.7 Å². The quantitative estimate of drug-likeness (QED) is 0.452. The summed E-state index contributed by atoms with van der Waals surface area (Å²) in [5.41, 5.74) is 0.155. The average molecular weight is 542 g/mol. The maximum Gasteiger partial charge on any atom is 0.433 e. The van der Waals surface area contributed by atoms with Crippen LogP contribution in [0.2, 0.25) is 0 Å². The summed E-state index contributed by atoms with van der Waals surface area (Å²) in [7, 11) is -3.23. The molecule has 0 aliphatic heterocycles. The SMILES string of the molecule is Nc1nc(C(F)(F)F)cc(C(F)(F)F)c1C(=O)NC[C@]1(CC2CC2)CC[C@H](S(=O)(=O)CC2CC2)CC1. The van der Waals surface area contributed by atoms with Gasteiger partial charge >= 0.3 is 12.4 Å². The van der Waals surface area contributed by atoms with E-state index >= 15 is 0 Å². The van der Waals surface area contributed by atoms with E-state index in [0.29, 0.717) is 38.0 Å². The van der Waals surface area contributed by atoms with Crippen molar-refractivity contribution in [2.24, 2.45) is 17.3 Å². The van der Waals surface area contributed by atoms with E-state index in [-0.39, 0.29) is 24.3 Å². The molecule has 3 fully saturated rings. The smallest absolute Gasteiger partial charge is 0.383 e. The molecule has 6 nitrogen and oxygen atoms in total. The second kappa shape index (κ2) is 9.36. The number of nitrogens with zero attached hydrogens (tertiary/aromatic N) is 1. The lowest BCUT2D eigenvalue weighted by Crippen LogP contribution is -2.43. The Morgan fingerprint density at radius 3 is 2.08 bits per heavy atom. The number of alkyl halides is 6.